The highest BCUT2D eigenvalue weighted by molar-refractivity contribution is 5.66. The summed E-state index contributed by atoms with van der Waals surface area (Å²) in [6.07, 6.45) is 28.6. The predicted octanol–water partition coefficient (Wildman–Crippen LogP) is 8.06. The van der Waals surface area contributed by atoms with E-state index in [9.17, 15) is 4.79 Å². The fraction of sp³-hybridized carbons (Fsp3) is 0.870. The van der Waals surface area contributed by atoms with Crippen molar-refractivity contribution in [2.45, 2.75) is 129 Å². The van der Waals surface area contributed by atoms with Crippen LogP contribution in [0.15, 0.2) is 12.2 Å². The number of allylic oxidation sites excluding steroid dienone is 2. The molecule has 0 saturated carbocycles. The number of rotatable bonds is 20. The summed E-state index contributed by atoms with van der Waals surface area (Å²) in [6, 6.07) is 0. The van der Waals surface area contributed by atoms with Crippen LogP contribution in [-0.4, -0.2) is 11.1 Å². The summed E-state index contributed by atoms with van der Waals surface area (Å²) in [5.41, 5.74) is 0. The van der Waals surface area contributed by atoms with Gasteiger partial charge in [-0.3, -0.25) is 4.79 Å². The first-order chi connectivity index (χ1) is 12.3. The minimum Gasteiger partial charge on any atom is -0.481 e. The standard InChI is InChI=1S/C23H44O2/c1-2-3-4-5-6-7-8-9-10-11-12-13-14-15-16-17-18-19-20-21-22-23(24)25/h8-9H,2-7,10-22H2,1H3,(H,24,25)/b9-8+. The van der Waals surface area contributed by atoms with Crippen molar-refractivity contribution in [3.63, 3.8) is 0 Å². The third-order valence-corrected chi connectivity index (χ3v) is 4.90. The van der Waals surface area contributed by atoms with E-state index in [0.29, 0.717) is 6.42 Å². The van der Waals surface area contributed by atoms with Crippen LogP contribution in [0.4, 0.5) is 0 Å². The zero-order chi connectivity index (χ0) is 18.4. The van der Waals surface area contributed by atoms with Crippen LogP contribution >= 0.6 is 0 Å². The maximum atomic E-state index is 10.4. The lowest BCUT2D eigenvalue weighted by atomic mass is 10.0. The van der Waals surface area contributed by atoms with Gasteiger partial charge in [0.15, 0.2) is 0 Å². The molecule has 0 spiro atoms. The molecule has 0 aromatic rings. The minimum atomic E-state index is -0.655. The molecule has 0 aliphatic carbocycles. The summed E-state index contributed by atoms with van der Waals surface area (Å²) in [5, 5.41) is 8.56. The van der Waals surface area contributed by atoms with Crippen LogP contribution < -0.4 is 0 Å². The summed E-state index contributed by atoms with van der Waals surface area (Å²) in [4.78, 5) is 10.4. The van der Waals surface area contributed by atoms with Crippen LogP contribution in [0.1, 0.15) is 129 Å². The average molecular weight is 353 g/mol. The van der Waals surface area contributed by atoms with Crippen molar-refractivity contribution in [3.05, 3.63) is 12.2 Å². The fourth-order valence-corrected chi connectivity index (χ4v) is 3.23. The number of carbonyl (C=O) groups is 1. The van der Waals surface area contributed by atoms with Crippen LogP contribution in [0.3, 0.4) is 0 Å². The smallest absolute Gasteiger partial charge is 0.303 e. The number of unbranched alkanes of at least 4 members (excludes halogenated alkanes) is 16. The van der Waals surface area contributed by atoms with E-state index in [-0.39, 0.29) is 0 Å². The lowest BCUT2D eigenvalue weighted by molar-refractivity contribution is -0.137. The Hall–Kier alpha value is -0.790. The quantitative estimate of drug-likeness (QED) is 0.178. The van der Waals surface area contributed by atoms with E-state index < -0.39 is 5.97 Å². The first kappa shape index (κ1) is 24.2. The topological polar surface area (TPSA) is 37.3 Å². The van der Waals surface area contributed by atoms with Gasteiger partial charge >= 0.3 is 5.97 Å². The Balaban J connectivity index is 3.05. The zero-order valence-corrected chi connectivity index (χ0v) is 16.9. The number of carboxylic acids is 1. The number of hydrogen-bond donors (Lipinski definition) is 1. The maximum absolute atomic E-state index is 10.4. The van der Waals surface area contributed by atoms with Gasteiger partial charge in [0.1, 0.15) is 0 Å². The molecule has 2 heteroatoms. The molecule has 0 atom stereocenters. The van der Waals surface area contributed by atoms with Gasteiger partial charge in [0.05, 0.1) is 0 Å². The van der Waals surface area contributed by atoms with Crippen molar-refractivity contribution in [2.75, 3.05) is 0 Å². The SMILES string of the molecule is CCCCCCC/C=C/CCCCCCCCCCCCCC(=O)O. The Morgan fingerprint density at radius 3 is 1.36 bits per heavy atom. The first-order valence-electron chi connectivity index (χ1n) is 11.1. The molecule has 0 aromatic heterocycles. The van der Waals surface area contributed by atoms with Gasteiger partial charge in [-0.25, -0.2) is 0 Å². The van der Waals surface area contributed by atoms with Gasteiger partial charge in [-0.2, -0.15) is 0 Å². The molecule has 0 bridgehead atoms. The van der Waals surface area contributed by atoms with Gasteiger partial charge in [0.25, 0.3) is 0 Å². The van der Waals surface area contributed by atoms with E-state index >= 15 is 0 Å². The minimum absolute atomic E-state index is 0.341. The molecule has 0 radical (unpaired) electrons. The number of hydrogen-bond acceptors (Lipinski definition) is 1. The second-order valence-corrected chi connectivity index (χ2v) is 7.50. The van der Waals surface area contributed by atoms with Gasteiger partial charge in [-0.15, -0.1) is 0 Å². The number of aliphatic carboxylic acids is 1. The van der Waals surface area contributed by atoms with Gasteiger partial charge in [0, 0.05) is 6.42 Å². The Morgan fingerprint density at radius 1 is 0.600 bits per heavy atom. The third kappa shape index (κ3) is 23.2. The second-order valence-electron chi connectivity index (χ2n) is 7.50. The fourth-order valence-electron chi connectivity index (χ4n) is 3.23. The van der Waals surface area contributed by atoms with E-state index in [1.165, 1.54) is 103 Å². The van der Waals surface area contributed by atoms with Crippen LogP contribution in [0.5, 0.6) is 0 Å². The normalized spacial score (nSPS) is 11.4. The molecule has 0 rings (SSSR count). The van der Waals surface area contributed by atoms with Gasteiger partial charge in [-0.1, -0.05) is 103 Å². The average Bonchev–Trinajstić information content (AvgIpc) is 2.60. The molecular formula is C23H44O2. The molecular weight excluding hydrogens is 308 g/mol. The predicted molar refractivity (Wildman–Crippen MR) is 110 cm³/mol. The second kappa shape index (κ2) is 21.3. The molecule has 0 amide bonds. The molecule has 148 valence electrons. The number of carboxylic acid groups (broad SMARTS) is 1. The van der Waals surface area contributed by atoms with Gasteiger partial charge in [-0.05, 0) is 32.1 Å². The van der Waals surface area contributed by atoms with Gasteiger partial charge in [0.2, 0.25) is 0 Å². The monoisotopic (exact) mass is 352 g/mol. The van der Waals surface area contributed by atoms with Crippen molar-refractivity contribution in [1.29, 1.82) is 0 Å². The van der Waals surface area contributed by atoms with Crippen LogP contribution in [0, 0.1) is 0 Å². The highest BCUT2D eigenvalue weighted by atomic mass is 16.4. The van der Waals surface area contributed by atoms with Crippen molar-refractivity contribution in [2.24, 2.45) is 0 Å². The Labute approximate surface area is 157 Å². The molecule has 0 aliphatic heterocycles. The van der Waals surface area contributed by atoms with Crippen LogP contribution in [-0.2, 0) is 4.79 Å². The summed E-state index contributed by atoms with van der Waals surface area (Å²) < 4.78 is 0. The lowest BCUT2D eigenvalue weighted by Gasteiger charge is -2.02. The first-order valence-corrected chi connectivity index (χ1v) is 11.1. The van der Waals surface area contributed by atoms with Crippen molar-refractivity contribution in [1.82, 2.24) is 0 Å². The third-order valence-electron chi connectivity index (χ3n) is 4.90. The van der Waals surface area contributed by atoms with Gasteiger partial charge < -0.3 is 5.11 Å². The largest absolute Gasteiger partial charge is 0.481 e. The molecule has 2 nitrogen and oxygen atoms in total. The molecule has 0 aromatic carbocycles. The highest BCUT2D eigenvalue weighted by Crippen LogP contribution is 2.13. The Bertz CT molecular complexity index is 296. The molecule has 0 unspecified atom stereocenters. The van der Waals surface area contributed by atoms with Crippen LogP contribution in [0.2, 0.25) is 0 Å². The highest BCUT2D eigenvalue weighted by Gasteiger charge is 1.96. The summed E-state index contributed by atoms with van der Waals surface area (Å²) in [7, 11) is 0. The molecule has 0 aliphatic rings. The summed E-state index contributed by atoms with van der Waals surface area (Å²) in [6.45, 7) is 2.27. The molecule has 0 heterocycles. The van der Waals surface area contributed by atoms with E-state index in [4.69, 9.17) is 5.11 Å². The van der Waals surface area contributed by atoms with E-state index in [0.717, 1.165) is 12.8 Å². The van der Waals surface area contributed by atoms with Crippen molar-refractivity contribution in [3.8, 4) is 0 Å². The zero-order valence-electron chi connectivity index (χ0n) is 16.9. The van der Waals surface area contributed by atoms with E-state index in [1.54, 1.807) is 0 Å². The molecule has 0 saturated heterocycles. The summed E-state index contributed by atoms with van der Waals surface area (Å²) in [5.74, 6) is -0.655. The van der Waals surface area contributed by atoms with Crippen LogP contribution in [0.25, 0.3) is 0 Å². The van der Waals surface area contributed by atoms with E-state index in [1.807, 2.05) is 0 Å². The maximum Gasteiger partial charge on any atom is 0.303 e. The summed E-state index contributed by atoms with van der Waals surface area (Å²) >= 11 is 0. The van der Waals surface area contributed by atoms with Crippen molar-refractivity contribution < 1.29 is 9.90 Å². The molecule has 0 fully saturated rings. The molecule has 1 N–H and O–H groups in total. The van der Waals surface area contributed by atoms with E-state index in [2.05, 4.69) is 19.1 Å². The Morgan fingerprint density at radius 2 is 0.960 bits per heavy atom. The lowest BCUT2D eigenvalue weighted by Crippen LogP contribution is -1.93. The Kier molecular flexibility index (Phi) is 20.6. The molecule has 25 heavy (non-hydrogen) atoms. The van der Waals surface area contributed by atoms with Crippen molar-refractivity contribution >= 4 is 5.97 Å².